The van der Waals surface area contributed by atoms with E-state index in [1.165, 1.54) is 6.92 Å². The van der Waals surface area contributed by atoms with Crippen LogP contribution in [0, 0.1) is 0 Å². The molecule has 3 fully saturated rings. The molecular formula is C33H58N2O24. The Hall–Kier alpha value is -2.39. The van der Waals surface area contributed by atoms with Gasteiger partial charge in [-0.3, -0.25) is 9.59 Å². The lowest BCUT2D eigenvalue weighted by atomic mass is 9.97. The van der Waals surface area contributed by atoms with E-state index < -0.39 is 155 Å². The van der Waals surface area contributed by atoms with Gasteiger partial charge in [0.1, 0.15) is 79.4 Å². The molecule has 3 aliphatic rings. The molecule has 59 heavy (non-hydrogen) atoms. The Morgan fingerprint density at radius 2 is 1.29 bits per heavy atom. The van der Waals surface area contributed by atoms with Crippen molar-refractivity contribution in [3.05, 3.63) is 0 Å². The number of nitrogens with two attached hydrogens (primary N) is 1. The lowest BCUT2D eigenvalue weighted by molar-refractivity contribution is -0.366. The number of aliphatic hydroxyl groups is 12. The first kappa shape index (κ1) is 51.0. The highest BCUT2D eigenvalue weighted by atomic mass is 16.8. The van der Waals surface area contributed by atoms with Crippen LogP contribution in [0.5, 0.6) is 0 Å². The second kappa shape index (κ2) is 24.3. The van der Waals surface area contributed by atoms with Crippen molar-refractivity contribution in [3.63, 3.8) is 0 Å². The van der Waals surface area contributed by atoms with E-state index in [0.29, 0.717) is 12.8 Å². The van der Waals surface area contributed by atoms with Gasteiger partial charge < -0.3 is 115 Å². The van der Waals surface area contributed by atoms with Gasteiger partial charge in [-0.25, -0.2) is 4.79 Å². The van der Waals surface area contributed by atoms with Crippen LogP contribution in [-0.2, 0) is 52.3 Å². The van der Waals surface area contributed by atoms with E-state index in [1.54, 1.807) is 0 Å². The number of amides is 2. The summed E-state index contributed by atoms with van der Waals surface area (Å²) in [5.41, 5.74) is 5.06. The van der Waals surface area contributed by atoms with Crippen LogP contribution in [0.15, 0.2) is 0 Å². The van der Waals surface area contributed by atoms with Crippen molar-refractivity contribution >= 4 is 17.8 Å². The number of ether oxygens (including phenoxy) is 8. The lowest BCUT2D eigenvalue weighted by Gasteiger charge is -2.46. The molecule has 0 radical (unpaired) electrons. The van der Waals surface area contributed by atoms with Crippen LogP contribution in [-0.4, -0.2) is 240 Å². The molecule has 0 spiro atoms. The predicted octanol–water partition coefficient (Wildman–Crippen LogP) is -8.83. The molecule has 16 N–H and O–H groups in total. The number of carbonyl (C=O) groups excluding carboxylic acids is 2. The maximum atomic E-state index is 12.0. The minimum absolute atomic E-state index is 0.0370. The SMILES string of the molecule is CC(OC1OC(CO)C(OC2OC(C(=O)O)C(O)C(O)C2O)C(O)C1O)C(CO)OC(OC1C(CO)OC(OCCNC(=O)CCCCC(N)=O)C(O)C1O)C(O)CO. The maximum absolute atomic E-state index is 12.0. The Morgan fingerprint density at radius 1 is 0.712 bits per heavy atom. The second-order valence-electron chi connectivity index (χ2n) is 14.1. The summed E-state index contributed by atoms with van der Waals surface area (Å²) in [5, 5.41) is 136. The predicted molar refractivity (Wildman–Crippen MR) is 186 cm³/mol. The van der Waals surface area contributed by atoms with Gasteiger partial charge >= 0.3 is 5.97 Å². The lowest BCUT2D eigenvalue weighted by Crippen LogP contribution is -2.65. The average Bonchev–Trinajstić information content (AvgIpc) is 3.20. The Labute approximate surface area is 336 Å². The standard InChI is InChI=1S/C33H58N2O24/c1-12(53-32-25(49)22(46)27(16(11-39)56-32)58-33-23(47)19(43)20(44)28(59-33)29(50)51)14(9-37)54-30(13(40)8-36)57-26-15(10-38)55-31(24(48)21(26)45)52-7-6-35-18(42)5-3-2-4-17(34)41/h12-16,19-28,30-33,36-40,43-49H,2-11H2,1H3,(H2,34,41)(H,35,42)(H,50,51). The molecule has 0 bridgehead atoms. The van der Waals surface area contributed by atoms with E-state index in [2.05, 4.69) is 5.32 Å². The summed E-state index contributed by atoms with van der Waals surface area (Å²) in [4.78, 5) is 34.3. The molecule has 0 aliphatic carbocycles. The molecule has 0 aromatic carbocycles. The molecule has 3 heterocycles. The van der Waals surface area contributed by atoms with Crippen LogP contribution >= 0.6 is 0 Å². The largest absolute Gasteiger partial charge is 0.479 e. The van der Waals surface area contributed by atoms with Gasteiger partial charge in [0.25, 0.3) is 0 Å². The zero-order valence-electron chi connectivity index (χ0n) is 31.9. The number of primary amides is 1. The molecule has 3 aliphatic heterocycles. The number of rotatable bonds is 24. The number of carbonyl (C=O) groups is 3. The molecule has 2 amide bonds. The van der Waals surface area contributed by atoms with E-state index in [4.69, 9.17) is 43.6 Å². The molecule has 3 rings (SSSR count). The van der Waals surface area contributed by atoms with Gasteiger partial charge in [-0.2, -0.15) is 0 Å². The third kappa shape index (κ3) is 13.8. The second-order valence-corrected chi connectivity index (χ2v) is 14.1. The fraction of sp³-hybridized carbons (Fsp3) is 0.909. The zero-order chi connectivity index (χ0) is 44.1. The normalized spacial score (nSPS) is 37.3. The number of carboxylic acid groups (broad SMARTS) is 1. The van der Waals surface area contributed by atoms with Crippen molar-refractivity contribution in [3.8, 4) is 0 Å². The number of nitrogens with one attached hydrogen (secondary N) is 1. The smallest absolute Gasteiger partial charge is 0.335 e. The summed E-state index contributed by atoms with van der Waals surface area (Å²) in [7, 11) is 0. The van der Waals surface area contributed by atoms with Gasteiger partial charge in [-0.15, -0.1) is 0 Å². The summed E-state index contributed by atoms with van der Waals surface area (Å²) in [5.74, 6) is -2.56. The molecular weight excluding hydrogens is 808 g/mol. The highest BCUT2D eigenvalue weighted by molar-refractivity contribution is 5.76. The quantitative estimate of drug-likeness (QED) is 0.0316. The average molecular weight is 867 g/mol. The first-order chi connectivity index (χ1) is 27.9. The Bertz CT molecular complexity index is 1280. The minimum atomic E-state index is -2.07. The number of hydrogen-bond donors (Lipinski definition) is 15. The fourth-order valence-corrected chi connectivity index (χ4v) is 6.28. The van der Waals surface area contributed by atoms with Crippen molar-refractivity contribution in [1.82, 2.24) is 5.32 Å². The fourth-order valence-electron chi connectivity index (χ4n) is 6.28. The molecule has 0 aromatic heterocycles. The molecule has 0 saturated carbocycles. The zero-order valence-corrected chi connectivity index (χ0v) is 31.9. The first-order valence-corrected chi connectivity index (χ1v) is 18.8. The van der Waals surface area contributed by atoms with Crippen LogP contribution in [0.4, 0.5) is 0 Å². The van der Waals surface area contributed by atoms with E-state index in [9.17, 15) is 80.8 Å². The number of carboxylic acids is 1. The molecule has 26 nitrogen and oxygen atoms in total. The van der Waals surface area contributed by atoms with Crippen molar-refractivity contribution in [2.45, 2.75) is 149 Å². The van der Waals surface area contributed by atoms with Gasteiger partial charge in [-0.1, -0.05) is 0 Å². The number of aliphatic carboxylic acids is 1. The van der Waals surface area contributed by atoms with Crippen LogP contribution < -0.4 is 11.1 Å². The van der Waals surface area contributed by atoms with Gasteiger partial charge in [0.2, 0.25) is 11.8 Å². The highest BCUT2D eigenvalue weighted by Crippen LogP contribution is 2.31. The third-order valence-electron chi connectivity index (χ3n) is 9.68. The van der Waals surface area contributed by atoms with Gasteiger partial charge in [0, 0.05) is 19.4 Å². The van der Waals surface area contributed by atoms with E-state index >= 15 is 0 Å². The van der Waals surface area contributed by atoms with E-state index in [1.807, 2.05) is 0 Å². The van der Waals surface area contributed by atoms with Crippen LogP contribution in [0.2, 0.25) is 0 Å². The molecule has 26 heteroatoms. The van der Waals surface area contributed by atoms with E-state index in [0.717, 1.165) is 0 Å². The molecule has 19 unspecified atom stereocenters. The number of aliphatic hydroxyl groups excluding tert-OH is 12. The summed E-state index contributed by atoms with van der Waals surface area (Å²) in [6, 6.07) is 0. The number of hydrogen-bond acceptors (Lipinski definition) is 23. The summed E-state index contributed by atoms with van der Waals surface area (Å²) >= 11 is 0. The highest BCUT2D eigenvalue weighted by Gasteiger charge is 2.53. The van der Waals surface area contributed by atoms with Gasteiger partial charge in [-0.05, 0) is 19.8 Å². The van der Waals surface area contributed by atoms with Crippen molar-refractivity contribution in [1.29, 1.82) is 0 Å². The van der Waals surface area contributed by atoms with Crippen LogP contribution in [0.3, 0.4) is 0 Å². The van der Waals surface area contributed by atoms with Crippen molar-refractivity contribution < 1.29 is 119 Å². The Kier molecular flexibility index (Phi) is 21.0. The Morgan fingerprint density at radius 3 is 1.88 bits per heavy atom. The van der Waals surface area contributed by atoms with Gasteiger partial charge in [0.15, 0.2) is 31.3 Å². The van der Waals surface area contributed by atoms with Crippen LogP contribution in [0.1, 0.15) is 32.6 Å². The van der Waals surface area contributed by atoms with Crippen molar-refractivity contribution in [2.75, 3.05) is 39.6 Å². The molecule has 0 aromatic rings. The summed E-state index contributed by atoms with van der Waals surface area (Å²) < 4.78 is 44.0. The monoisotopic (exact) mass is 866 g/mol. The Balaban J connectivity index is 1.61. The third-order valence-corrected chi connectivity index (χ3v) is 9.68. The summed E-state index contributed by atoms with van der Waals surface area (Å²) in [6.07, 6.45) is -33.5. The minimum Gasteiger partial charge on any atom is -0.479 e. The maximum Gasteiger partial charge on any atom is 0.335 e. The van der Waals surface area contributed by atoms with Gasteiger partial charge in [0.05, 0.1) is 39.1 Å². The van der Waals surface area contributed by atoms with Crippen molar-refractivity contribution in [2.24, 2.45) is 5.73 Å². The number of unbranched alkanes of at least 4 members (excludes halogenated alkanes) is 1. The molecule has 344 valence electrons. The van der Waals surface area contributed by atoms with Crippen LogP contribution in [0.25, 0.3) is 0 Å². The van der Waals surface area contributed by atoms with E-state index in [-0.39, 0.29) is 31.9 Å². The molecule has 19 atom stereocenters. The topological polar surface area (TPSA) is 426 Å². The molecule has 3 saturated heterocycles. The first-order valence-electron chi connectivity index (χ1n) is 18.8. The summed E-state index contributed by atoms with van der Waals surface area (Å²) in [6.45, 7) is -2.69.